The van der Waals surface area contributed by atoms with E-state index in [-0.39, 0.29) is 0 Å². The first-order chi connectivity index (χ1) is 8.56. The number of nitrogens with one attached hydrogen (secondary N) is 1. The lowest BCUT2D eigenvalue weighted by molar-refractivity contribution is 0.102. The number of benzene rings is 1. The summed E-state index contributed by atoms with van der Waals surface area (Å²) in [5.41, 5.74) is 9.13. The predicted molar refractivity (Wildman–Crippen MR) is 76.6 cm³/mol. The van der Waals surface area contributed by atoms with Crippen LogP contribution in [0.2, 0.25) is 0 Å². The van der Waals surface area contributed by atoms with Crippen molar-refractivity contribution in [1.82, 2.24) is 15.3 Å². The molecule has 1 N–H and O–H groups in total. The zero-order valence-electron chi connectivity index (χ0n) is 12.1. The van der Waals surface area contributed by atoms with Gasteiger partial charge in [-0.25, -0.2) is 5.01 Å². The van der Waals surface area contributed by atoms with Crippen LogP contribution >= 0.6 is 0 Å². The first-order valence-electron chi connectivity index (χ1n) is 6.80. The average molecular weight is 247 g/mol. The molecule has 1 heterocycles. The Morgan fingerprint density at radius 2 is 1.56 bits per heavy atom. The summed E-state index contributed by atoms with van der Waals surface area (Å²) in [5.74, 6) is 0. The van der Waals surface area contributed by atoms with Crippen LogP contribution in [0, 0.1) is 20.8 Å². The summed E-state index contributed by atoms with van der Waals surface area (Å²) >= 11 is 0. The molecule has 0 radical (unpaired) electrons. The van der Waals surface area contributed by atoms with Gasteiger partial charge < -0.3 is 4.90 Å². The molecule has 1 fully saturated rings. The minimum atomic E-state index is 0.941. The summed E-state index contributed by atoms with van der Waals surface area (Å²) < 4.78 is 0. The molecular formula is C15H25N3. The van der Waals surface area contributed by atoms with Gasteiger partial charge in [0.1, 0.15) is 0 Å². The van der Waals surface area contributed by atoms with Gasteiger partial charge in [-0.1, -0.05) is 12.1 Å². The zero-order valence-corrected chi connectivity index (χ0v) is 12.1. The number of hydrogen-bond acceptors (Lipinski definition) is 3. The summed E-state index contributed by atoms with van der Waals surface area (Å²) in [7, 11) is 2.19. The van der Waals surface area contributed by atoms with E-state index in [4.69, 9.17) is 0 Å². The third kappa shape index (κ3) is 3.31. The second-order valence-corrected chi connectivity index (χ2v) is 5.49. The van der Waals surface area contributed by atoms with Gasteiger partial charge in [0.25, 0.3) is 0 Å². The van der Waals surface area contributed by atoms with Gasteiger partial charge in [0.15, 0.2) is 0 Å². The third-order valence-corrected chi connectivity index (χ3v) is 3.95. The fourth-order valence-electron chi connectivity index (χ4n) is 2.37. The highest BCUT2D eigenvalue weighted by Gasteiger charge is 2.13. The van der Waals surface area contributed by atoms with E-state index in [0.29, 0.717) is 0 Å². The maximum absolute atomic E-state index is 3.55. The summed E-state index contributed by atoms with van der Waals surface area (Å²) in [5, 5.41) is 2.34. The van der Waals surface area contributed by atoms with Gasteiger partial charge in [-0.3, -0.25) is 5.43 Å². The van der Waals surface area contributed by atoms with Crippen LogP contribution in [-0.4, -0.2) is 43.1 Å². The standard InChI is InChI=1S/C15H25N3/c1-12-9-14(3)15(10-13(12)2)11-16-18-7-5-17(4)6-8-18/h9-10,16H,5-8,11H2,1-4H3. The van der Waals surface area contributed by atoms with Gasteiger partial charge in [0.05, 0.1) is 0 Å². The van der Waals surface area contributed by atoms with E-state index in [1.165, 1.54) is 22.3 Å². The van der Waals surface area contributed by atoms with Crippen LogP contribution in [0.15, 0.2) is 12.1 Å². The Morgan fingerprint density at radius 1 is 0.944 bits per heavy atom. The van der Waals surface area contributed by atoms with Crippen molar-refractivity contribution in [2.45, 2.75) is 27.3 Å². The highest BCUT2D eigenvalue weighted by atomic mass is 15.5. The summed E-state index contributed by atoms with van der Waals surface area (Å²) in [4.78, 5) is 2.37. The molecule has 2 rings (SSSR count). The Bertz CT molecular complexity index is 406. The molecule has 1 aliphatic heterocycles. The molecule has 1 aromatic carbocycles. The summed E-state index contributed by atoms with van der Waals surface area (Å²) in [6, 6.07) is 4.60. The fourth-order valence-corrected chi connectivity index (χ4v) is 2.37. The molecule has 1 aliphatic rings. The SMILES string of the molecule is Cc1cc(C)c(CNN2CCN(C)CC2)cc1C. The highest BCUT2D eigenvalue weighted by molar-refractivity contribution is 5.36. The van der Waals surface area contributed by atoms with Crippen LogP contribution in [-0.2, 0) is 6.54 Å². The average Bonchev–Trinajstić information content (AvgIpc) is 2.34. The van der Waals surface area contributed by atoms with Gasteiger partial charge in [-0.15, -0.1) is 0 Å². The number of rotatable bonds is 3. The molecule has 3 nitrogen and oxygen atoms in total. The van der Waals surface area contributed by atoms with Crippen molar-refractivity contribution in [2.75, 3.05) is 33.2 Å². The first kappa shape index (κ1) is 13.5. The van der Waals surface area contributed by atoms with Crippen LogP contribution in [0.5, 0.6) is 0 Å². The topological polar surface area (TPSA) is 18.5 Å². The van der Waals surface area contributed by atoms with Crippen molar-refractivity contribution in [3.8, 4) is 0 Å². The number of piperazine rings is 1. The van der Waals surface area contributed by atoms with Gasteiger partial charge in [-0.05, 0) is 50.1 Å². The molecule has 0 aromatic heterocycles. The van der Waals surface area contributed by atoms with Crippen molar-refractivity contribution in [3.05, 3.63) is 34.4 Å². The Hall–Kier alpha value is -0.900. The third-order valence-electron chi connectivity index (χ3n) is 3.95. The normalized spacial score (nSPS) is 18.2. The van der Waals surface area contributed by atoms with Gasteiger partial charge >= 0.3 is 0 Å². The molecule has 0 bridgehead atoms. The highest BCUT2D eigenvalue weighted by Crippen LogP contribution is 2.15. The molecule has 1 aromatic rings. The van der Waals surface area contributed by atoms with Crippen LogP contribution in [0.25, 0.3) is 0 Å². The van der Waals surface area contributed by atoms with Gasteiger partial charge in [0, 0.05) is 32.7 Å². The molecule has 0 unspecified atom stereocenters. The van der Waals surface area contributed by atoms with E-state index in [2.05, 4.69) is 55.3 Å². The second-order valence-electron chi connectivity index (χ2n) is 5.49. The Morgan fingerprint density at radius 3 is 2.22 bits per heavy atom. The Kier molecular flexibility index (Phi) is 4.38. The minimum Gasteiger partial charge on any atom is -0.304 e. The lowest BCUT2D eigenvalue weighted by Crippen LogP contribution is -2.50. The van der Waals surface area contributed by atoms with E-state index in [0.717, 1.165) is 32.7 Å². The summed E-state index contributed by atoms with van der Waals surface area (Å²) in [6.07, 6.45) is 0. The van der Waals surface area contributed by atoms with Crippen molar-refractivity contribution < 1.29 is 0 Å². The largest absolute Gasteiger partial charge is 0.304 e. The molecule has 100 valence electrons. The zero-order chi connectivity index (χ0) is 13.1. The molecule has 3 heteroatoms. The lowest BCUT2D eigenvalue weighted by Gasteiger charge is -2.32. The quantitative estimate of drug-likeness (QED) is 0.879. The lowest BCUT2D eigenvalue weighted by atomic mass is 10.0. The van der Waals surface area contributed by atoms with Crippen molar-refractivity contribution in [2.24, 2.45) is 0 Å². The molecule has 0 aliphatic carbocycles. The van der Waals surface area contributed by atoms with Gasteiger partial charge in [-0.2, -0.15) is 0 Å². The predicted octanol–water partition coefficient (Wildman–Crippen LogP) is 1.86. The summed E-state index contributed by atoms with van der Waals surface area (Å²) in [6.45, 7) is 12.0. The molecule has 1 saturated heterocycles. The van der Waals surface area contributed by atoms with Crippen LogP contribution in [0.4, 0.5) is 0 Å². The van der Waals surface area contributed by atoms with E-state index in [1.54, 1.807) is 0 Å². The first-order valence-corrected chi connectivity index (χ1v) is 6.80. The van der Waals surface area contributed by atoms with E-state index >= 15 is 0 Å². The van der Waals surface area contributed by atoms with Crippen LogP contribution < -0.4 is 5.43 Å². The molecular weight excluding hydrogens is 222 g/mol. The second kappa shape index (κ2) is 5.83. The van der Waals surface area contributed by atoms with E-state index < -0.39 is 0 Å². The van der Waals surface area contributed by atoms with Crippen LogP contribution in [0.1, 0.15) is 22.3 Å². The molecule has 0 spiro atoms. The number of likely N-dealkylation sites (N-methyl/N-ethyl adjacent to an activating group) is 1. The number of hydrogen-bond donors (Lipinski definition) is 1. The van der Waals surface area contributed by atoms with Crippen molar-refractivity contribution in [1.29, 1.82) is 0 Å². The molecule has 0 amide bonds. The molecule has 0 atom stereocenters. The maximum atomic E-state index is 3.55. The van der Waals surface area contributed by atoms with Gasteiger partial charge in [0.2, 0.25) is 0 Å². The van der Waals surface area contributed by atoms with Crippen molar-refractivity contribution in [3.63, 3.8) is 0 Å². The Balaban J connectivity index is 1.92. The monoisotopic (exact) mass is 247 g/mol. The van der Waals surface area contributed by atoms with Crippen molar-refractivity contribution >= 4 is 0 Å². The van der Waals surface area contributed by atoms with Crippen LogP contribution in [0.3, 0.4) is 0 Å². The number of hydrazine groups is 1. The smallest absolute Gasteiger partial charge is 0.0356 e. The molecule has 18 heavy (non-hydrogen) atoms. The van der Waals surface area contributed by atoms with E-state index in [9.17, 15) is 0 Å². The maximum Gasteiger partial charge on any atom is 0.0356 e. The Labute approximate surface area is 111 Å². The minimum absolute atomic E-state index is 0.941. The van der Waals surface area contributed by atoms with E-state index in [1.807, 2.05) is 0 Å². The fraction of sp³-hybridized carbons (Fsp3) is 0.600. The molecule has 0 saturated carbocycles. The number of nitrogens with zero attached hydrogens (tertiary/aromatic N) is 2. The number of aryl methyl sites for hydroxylation is 3.